The molecule has 0 saturated heterocycles. The Labute approximate surface area is 111 Å². The molecule has 1 heterocycles. The average Bonchev–Trinajstić information content (AvgIpc) is 2.42. The molecular weight excluding hydrogens is 248 g/mol. The molecule has 0 radical (unpaired) electrons. The van der Waals surface area contributed by atoms with Crippen LogP contribution in [-0.4, -0.2) is 15.4 Å². The summed E-state index contributed by atoms with van der Waals surface area (Å²) in [5, 5.41) is 0. The van der Waals surface area contributed by atoms with Crippen molar-refractivity contribution >= 4 is 11.6 Å². The van der Waals surface area contributed by atoms with E-state index >= 15 is 0 Å². The Morgan fingerprint density at radius 3 is 2.56 bits per heavy atom. The lowest BCUT2D eigenvalue weighted by Gasteiger charge is -2.05. The topological polar surface area (TPSA) is 34.9 Å². The van der Waals surface area contributed by atoms with Crippen molar-refractivity contribution in [3.8, 4) is 11.3 Å². The van der Waals surface area contributed by atoms with Crippen molar-refractivity contribution in [2.45, 2.75) is 19.4 Å². The summed E-state index contributed by atoms with van der Waals surface area (Å²) in [6, 6.07) is 11.6. The standard InChI is InChI=1S/C14H15ClN2O/c15-9-4-5-10-17-11-8-13(16-14(17)18)12-6-2-1-3-7-12/h1-3,6-8,11H,4-5,9-10H2. The van der Waals surface area contributed by atoms with Crippen molar-refractivity contribution < 1.29 is 0 Å². The van der Waals surface area contributed by atoms with E-state index in [1.54, 1.807) is 10.8 Å². The zero-order valence-corrected chi connectivity index (χ0v) is 10.8. The van der Waals surface area contributed by atoms with Crippen LogP contribution in [0.3, 0.4) is 0 Å². The number of hydrogen-bond donors (Lipinski definition) is 0. The molecule has 1 aromatic heterocycles. The number of aromatic nitrogens is 2. The highest BCUT2D eigenvalue weighted by Gasteiger charge is 2.02. The lowest BCUT2D eigenvalue weighted by molar-refractivity contribution is 0.601. The molecule has 0 fully saturated rings. The summed E-state index contributed by atoms with van der Waals surface area (Å²) in [6.07, 6.45) is 3.61. The van der Waals surface area contributed by atoms with Gasteiger partial charge in [-0.1, -0.05) is 30.3 Å². The normalized spacial score (nSPS) is 10.5. The first kappa shape index (κ1) is 12.8. The fourth-order valence-corrected chi connectivity index (χ4v) is 1.93. The molecule has 0 aliphatic carbocycles. The molecule has 2 aromatic rings. The first-order valence-corrected chi connectivity index (χ1v) is 6.53. The lowest BCUT2D eigenvalue weighted by Crippen LogP contribution is -2.22. The quantitative estimate of drug-likeness (QED) is 0.613. The van der Waals surface area contributed by atoms with Gasteiger partial charge in [-0.25, -0.2) is 4.79 Å². The second kappa shape index (κ2) is 6.36. The van der Waals surface area contributed by atoms with Crippen molar-refractivity contribution in [2.75, 3.05) is 5.88 Å². The van der Waals surface area contributed by atoms with Crippen molar-refractivity contribution in [1.82, 2.24) is 9.55 Å². The molecule has 4 heteroatoms. The monoisotopic (exact) mass is 262 g/mol. The number of rotatable bonds is 5. The highest BCUT2D eigenvalue weighted by Crippen LogP contribution is 2.13. The highest BCUT2D eigenvalue weighted by atomic mass is 35.5. The van der Waals surface area contributed by atoms with E-state index in [2.05, 4.69) is 4.98 Å². The maximum atomic E-state index is 11.8. The number of hydrogen-bond acceptors (Lipinski definition) is 2. The second-order valence-corrected chi connectivity index (χ2v) is 4.43. The third kappa shape index (κ3) is 3.20. The van der Waals surface area contributed by atoms with Gasteiger partial charge in [-0.15, -0.1) is 11.6 Å². The van der Waals surface area contributed by atoms with E-state index in [0.717, 1.165) is 18.4 Å². The molecule has 2 rings (SSSR count). The predicted octanol–water partition coefficient (Wildman–Crippen LogP) is 2.93. The number of halogens is 1. The SMILES string of the molecule is O=c1nc(-c2ccccc2)ccn1CCCCCl. The van der Waals surface area contributed by atoms with Crippen molar-refractivity contribution in [3.05, 3.63) is 53.1 Å². The van der Waals surface area contributed by atoms with Crippen LogP contribution in [-0.2, 0) is 6.54 Å². The van der Waals surface area contributed by atoms with E-state index in [1.807, 2.05) is 36.4 Å². The van der Waals surface area contributed by atoms with E-state index < -0.39 is 0 Å². The summed E-state index contributed by atoms with van der Waals surface area (Å²) < 4.78 is 1.62. The van der Waals surface area contributed by atoms with Crippen LogP contribution in [0.2, 0.25) is 0 Å². The summed E-state index contributed by atoms with van der Waals surface area (Å²) in [5.74, 6) is 0.629. The molecule has 0 aliphatic rings. The van der Waals surface area contributed by atoms with E-state index in [-0.39, 0.29) is 5.69 Å². The Kier molecular flexibility index (Phi) is 4.53. The van der Waals surface area contributed by atoms with Crippen LogP contribution in [0.4, 0.5) is 0 Å². The largest absolute Gasteiger partial charge is 0.348 e. The van der Waals surface area contributed by atoms with E-state index in [9.17, 15) is 4.79 Å². The summed E-state index contributed by atoms with van der Waals surface area (Å²) in [4.78, 5) is 15.9. The number of alkyl halides is 1. The van der Waals surface area contributed by atoms with Crippen molar-refractivity contribution in [1.29, 1.82) is 0 Å². The molecule has 94 valence electrons. The summed E-state index contributed by atoms with van der Waals surface area (Å²) in [6.45, 7) is 0.674. The lowest BCUT2D eigenvalue weighted by atomic mass is 10.1. The van der Waals surface area contributed by atoms with Crippen molar-refractivity contribution in [3.63, 3.8) is 0 Å². The van der Waals surface area contributed by atoms with Crippen LogP contribution in [0, 0.1) is 0 Å². The van der Waals surface area contributed by atoms with Crippen LogP contribution < -0.4 is 5.69 Å². The molecule has 0 bridgehead atoms. The van der Waals surface area contributed by atoms with Gasteiger partial charge in [0.2, 0.25) is 0 Å². The Hall–Kier alpha value is -1.61. The molecule has 3 nitrogen and oxygen atoms in total. The smallest absolute Gasteiger partial charge is 0.299 e. The fourth-order valence-electron chi connectivity index (χ4n) is 1.75. The summed E-state index contributed by atoms with van der Waals surface area (Å²) in [7, 11) is 0. The molecule has 0 atom stereocenters. The van der Waals surface area contributed by atoms with Crippen LogP contribution in [0.15, 0.2) is 47.4 Å². The number of aryl methyl sites for hydroxylation is 1. The maximum absolute atomic E-state index is 11.8. The van der Waals surface area contributed by atoms with Crippen LogP contribution >= 0.6 is 11.6 Å². The van der Waals surface area contributed by atoms with Crippen LogP contribution in [0.5, 0.6) is 0 Å². The molecule has 0 unspecified atom stereocenters. The average molecular weight is 263 g/mol. The van der Waals surface area contributed by atoms with E-state index in [0.29, 0.717) is 18.1 Å². The second-order valence-electron chi connectivity index (χ2n) is 4.05. The third-order valence-corrected chi connectivity index (χ3v) is 2.99. The van der Waals surface area contributed by atoms with Gasteiger partial charge in [0.1, 0.15) is 0 Å². The molecule has 0 saturated carbocycles. The highest BCUT2D eigenvalue weighted by molar-refractivity contribution is 6.17. The Bertz CT molecular complexity index is 551. The van der Waals surface area contributed by atoms with Gasteiger partial charge >= 0.3 is 5.69 Å². The van der Waals surface area contributed by atoms with E-state index in [1.165, 1.54) is 0 Å². The minimum atomic E-state index is -0.203. The van der Waals surface area contributed by atoms with Gasteiger partial charge in [0, 0.05) is 24.2 Å². The van der Waals surface area contributed by atoms with Gasteiger partial charge in [-0.2, -0.15) is 4.98 Å². The Morgan fingerprint density at radius 1 is 1.11 bits per heavy atom. The van der Waals surface area contributed by atoms with Crippen LogP contribution in [0.1, 0.15) is 12.8 Å². The van der Waals surface area contributed by atoms with Gasteiger partial charge in [-0.3, -0.25) is 4.57 Å². The van der Waals surface area contributed by atoms with Gasteiger partial charge in [0.05, 0.1) is 5.69 Å². The minimum absolute atomic E-state index is 0.203. The van der Waals surface area contributed by atoms with Crippen molar-refractivity contribution in [2.24, 2.45) is 0 Å². The molecular formula is C14H15ClN2O. The number of unbranched alkanes of at least 4 members (excludes halogenated alkanes) is 1. The zero-order chi connectivity index (χ0) is 12.8. The van der Waals surface area contributed by atoms with E-state index in [4.69, 9.17) is 11.6 Å². The molecule has 0 spiro atoms. The molecule has 0 aliphatic heterocycles. The summed E-state index contributed by atoms with van der Waals surface area (Å²) >= 11 is 5.61. The van der Waals surface area contributed by atoms with Gasteiger partial charge < -0.3 is 0 Å². The van der Waals surface area contributed by atoms with Gasteiger partial charge in [0.25, 0.3) is 0 Å². The first-order valence-electron chi connectivity index (χ1n) is 6.00. The maximum Gasteiger partial charge on any atom is 0.348 e. The Morgan fingerprint density at radius 2 is 1.89 bits per heavy atom. The first-order chi connectivity index (χ1) is 8.81. The molecule has 18 heavy (non-hydrogen) atoms. The van der Waals surface area contributed by atoms with Crippen LogP contribution in [0.25, 0.3) is 11.3 Å². The predicted molar refractivity (Wildman–Crippen MR) is 73.9 cm³/mol. The minimum Gasteiger partial charge on any atom is -0.299 e. The molecule has 0 N–H and O–H groups in total. The third-order valence-electron chi connectivity index (χ3n) is 2.73. The van der Waals surface area contributed by atoms with Gasteiger partial charge in [0.15, 0.2) is 0 Å². The fraction of sp³-hybridized carbons (Fsp3) is 0.286. The van der Waals surface area contributed by atoms with Gasteiger partial charge in [-0.05, 0) is 18.9 Å². The summed E-state index contributed by atoms with van der Waals surface area (Å²) in [5.41, 5.74) is 1.47. The molecule has 0 amide bonds. The number of nitrogens with zero attached hydrogens (tertiary/aromatic N) is 2. The number of benzene rings is 1. The molecule has 1 aromatic carbocycles. The zero-order valence-electron chi connectivity index (χ0n) is 10.1. The Balaban J connectivity index is 2.18.